The Balaban J connectivity index is 1.75. The average Bonchev–Trinajstić information content (AvgIpc) is 2.25. The van der Waals surface area contributed by atoms with Crippen molar-refractivity contribution in [1.82, 2.24) is 10.2 Å². The van der Waals surface area contributed by atoms with E-state index in [2.05, 4.69) is 10.2 Å². The Bertz CT molecular complexity index is 188. The molecule has 0 aromatic carbocycles. The van der Waals surface area contributed by atoms with Gasteiger partial charge in [-0.25, -0.2) is 0 Å². The van der Waals surface area contributed by atoms with Crippen molar-refractivity contribution in [1.29, 1.82) is 0 Å². The molecule has 1 atom stereocenters. The zero-order chi connectivity index (χ0) is 11.2. The second kappa shape index (κ2) is 6.58. The lowest BCUT2D eigenvalue weighted by atomic mass is 9.89. The summed E-state index contributed by atoms with van der Waals surface area (Å²) in [5.41, 5.74) is 0. The lowest BCUT2D eigenvalue weighted by Gasteiger charge is -2.40. The zero-order valence-electron chi connectivity index (χ0n) is 10.3. The molecule has 0 spiro atoms. The maximum absolute atomic E-state index is 8.95. The number of aliphatic hydroxyl groups is 1. The van der Waals surface area contributed by atoms with Gasteiger partial charge in [0.1, 0.15) is 0 Å². The summed E-state index contributed by atoms with van der Waals surface area (Å²) in [6.07, 6.45) is 7.83. The Kier molecular flexibility index (Phi) is 5.07. The average molecular weight is 226 g/mol. The van der Waals surface area contributed by atoms with Crippen LogP contribution in [-0.2, 0) is 0 Å². The second-order valence-corrected chi connectivity index (χ2v) is 5.37. The molecule has 2 rings (SSSR count). The van der Waals surface area contributed by atoms with Gasteiger partial charge < -0.3 is 10.4 Å². The lowest BCUT2D eigenvalue weighted by molar-refractivity contribution is 0.0924. The van der Waals surface area contributed by atoms with E-state index in [0.717, 1.165) is 24.9 Å². The van der Waals surface area contributed by atoms with Gasteiger partial charge in [0.05, 0.1) is 0 Å². The molecule has 0 amide bonds. The van der Waals surface area contributed by atoms with Crippen LogP contribution in [0.15, 0.2) is 0 Å². The normalized spacial score (nSPS) is 27.0. The lowest BCUT2D eigenvalue weighted by Crippen LogP contribution is -2.46. The van der Waals surface area contributed by atoms with E-state index in [9.17, 15) is 0 Å². The van der Waals surface area contributed by atoms with Crippen molar-refractivity contribution in [3.8, 4) is 0 Å². The molecule has 0 radical (unpaired) electrons. The molecule has 3 nitrogen and oxygen atoms in total. The number of rotatable bonds is 6. The van der Waals surface area contributed by atoms with Crippen molar-refractivity contribution in [3.63, 3.8) is 0 Å². The molecule has 0 aromatic heterocycles. The van der Waals surface area contributed by atoms with Gasteiger partial charge >= 0.3 is 0 Å². The van der Waals surface area contributed by atoms with Crippen LogP contribution in [0, 0.1) is 5.92 Å². The van der Waals surface area contributed by atoms with E-state index < -0.39 is 0 Å². The summed E-state index contributed by atoms with van der Waals surface area (Å²) in [7, 11) is 0. The Hall–Kier alpha value is -0.120. The van der Waals surface area contributed by atoms with Gasteiger partial charge in [0.25, 0.3) is 0 Å². The highest BCUT2D eigenvalue weighted by molar-refractivity contribution is 4.83. The largest absolute Gasteiger partial charge is 0.396 e. The quantitative estimate of drug-likeness (QED) is 0.715. The van der Waals surface area contributed by atoms with Gasteiger partial charge in [-0.15, -0.1) is 0 Å². The van der Waals surface area contributed by atoms with Crippen LogP contribution in [0.3, 0.4) is 0 Å². The van der Waals surface area contributed by atoms with E-state index in [4.69, 9.17) is 5.11 Å². The predicted molar refractivity (Wildman–Crippen MR) is 66.5 cm³/mol. The molecule has 94 valence electrons. The molecule has 1 aliphatic heterocycles. The van der Waals surface area contributed by atoms with E-state index in [0.29, 0.717) is 6.61 Å². The smallest absolute Gasteiger partial charge is 0.0443 e. The van der Waals surface area contributed by atoms with Crippen LogP contribution in [-0.4, -0.2) is 48.8 Å². The van der Waals surface area contributed by atoms with Gasteiger partial charge in [-0.3, -0.25) is 4.90 Å². The van der Waals surface area contributed by atoms with Crippen molar-refractivity contribution in [2.45, 2.75) is 44.6 Å². The van der Waals surface area contributed by atoms with Gasteiger partial charge in [-0.2, -0.15) is 0 Å². The topological polar surface area (TPSA) is 35.5 Å². The number of hydrogen-bond acceptors (Lipinski definition) is 3. The predicted octanol–water partition coefficient (Wildman–Crippen LogP) is 1.22. The molecule has 0 aromatic rings. The summed E-state index contributed by atoms with van der Waals surface area (Å²) >= 11 is 0. The Morgan fingerprint density at radius 3 is 2.62 bits per heavy atom. The maximum Gasteiger partial charge on any atom is 0.0443 e. The van der Waals surface area contributed by atoms with Crippen molar-refractivity contribution in [2.75, 3.05) is 32.8 Å². The number of hydrogen-bond donors (Lipinski definition) is 2. The number of nitrogens with zero attached hydrogens (tertiary/aromatic N) is 1. The number of piperidine rings is 1. The van der Waals surface area contributed by atoms with Crippen LogP contribution < -0.4 is 5.32 Å². The molecule has 1 unspecified atom stereocenters. The van der Waals surface area contributed by atoms with E-state index >= 15 is 0 Å². The van der Waals surface area contributed by atoms with Crippen LogP contribution in [0.25, 0.3) is 0 Å². The van der Waals surface area contributed by atoms with Crippen molar-refractivity contribution in [2.24, 2.45) is 5.92 Å². The highest BCUT2D eigenvalue weighted by Gasteiger charge is 2.26. The van der Waals surface area contributed by atoms with Gasteiger partial charge in [0.2, 0.25) is 0 Å². The molecular weight excluding hydrogens is 200 g/mol. The fourth-order valence-corrected chi connectivity index (χ4v) is 2.86. The molecule has 1 heterocycles. The molecule has 2 N–H and O–H groups in total. The van der Waals surface area contributed by atoms with Crippen LogP contribution in [0.1, 0.15) is 38.5 Å². The third kappa shape index (κ3) is 3.44. The SMILES string of the molecule is OCCCN(CC1CCCNC1)C1CCC1. The van der Waals surface area contributed by atoms with Gasteiger partial charge in [0, 0.05) is 25.7 Å². The molecular formula is C13H26N2O. The maximum atomic E-state index is 8.95. The monoisotopic (exact) mass is 226 g/mol. The van der Waals surface area contributed by atoms with Crippen LogP contribution in [0.2, 0.25) is 0 Å². The molecule has 0 bridgehead atoms. The van der Waals surface area contributed by atoms with Crippen molar-refractivity contribution in [3.05, 3.63) is 0 Å². The van der Waals surface area contributed by atoms with Crippen molar-refractivity contribution < 1.29 is 5.11 Å². The third-order valence-corrected chi connectivity index (χ3v) is 4.09. The first kappa shape index (κ1) is 12.3. The molecule has 2 aliphatic rings. The Labute approximate surface area is 99.2 Å². The fourth-order valence-electron chi connectivity index (χ4n) is 2.86. The molecule has 2 fully saturated rings. The minimum Gasteiger partial charge on any atom is -0.396 e. The summed E-state index contributed by atoms with van der Waals surface area (Å²) in [6, 6.07) is 0.827. The number of aliphatic hydroxyl groups excluding tert-OH is 1. The molecule has 3 heteroatoms. The fraction of sp³-hybridized carbons (Fsp3) is 1.00. The van der Waals surface area contributed by atoms with Crippen LogP contribution in [0.4, 0.5) is 0 Å². The minimum atomic E-state index is 0.339. The van der Waals surface area contributed by atoms with E-state index in [1.807, 2.05) is 0 Å². The van der Waals surface area contributed by atoms with Crippen LogP contribution >= 0.6 is 0 Å². The standard InChI is InChI=1S/C13H26N2O/c16-9-3-8-15(13-5-1-6-13)11-12-4-2-7-14-10-12/h12-14,16H,1-11H2. The first-order valence-electron chi connectivity index (χ1n) is 6.96. The van der Waals surface area contributed by atoms with Gasteiger partial charge in [0.15, 0.2) is 0 Å². The van der Waals surface area contributed by atoms with E-state index in [1.54, 1.807) is 0 Å². The number of nitrogens with one attached hydrogen (secondary N) is 1. The summed E-state index contributed by atoms with van der Waals surface area (Å²) in [4.78, 5) is 2.64. The summed E-state index contributed by atoms with van der Waals surface area (Å²) in [6.45, 7) is 5.08. The van der Waals surface area contributed by atoms with E-state index in [-0.39, 0.29) is 0 Å². The molecule has 1 aliphatic carbocycles. The first-order chi connectivity index (χ1) is 7.90. The highest BCUT2D eigenvalue weighted by atomic mass is 16.3. The highest BCUT2D eigenvalue weighted by Crippen LogP contribution is 2.26. The zero-order valence-corrected chi connectivity index (χ0v) is 10.3. The Morgan fingerprint density at radius 1 is 1.19 bits per heavy atom. The summed E-state index contributed by atoms with van der Waals surface area (Å²) in [5, 5.41) is 12.4. The van der Waals surface area contributed by atoms with Crippen LogP contribution in [0.5, 0.6) is 0 Å². The molecule has 1 saturated heterocycles. The summed E-state index contributed by atoms with van der Waals surface area (Å²) in [5.74, 6) is 0.841. The first-order valence-corrected chi connectivity index (χ1v) is 6.96. The molecule has 1 saturated carbocycles. The van der Waals surface area contributed by atoms with Gasteiger partial charge in [-0.05, 0) is 51.1 Å². The Morgan fingerprint density at radius 2 is 2.06 bits per heavy atom. The molecule has 16 heavy (non-hydrogen) atoms. The van der Waals surface area contributed by atoms with E-state index in [1.165, 1.54) is 51.7 Å². The van der Waals surface area contributed by atoms with Gasteiger partial charge in [-0.1, -0.05) is 6.42 Å². The summed E-state index contributed by atoms with van der Waals surface area (Å²) < 4.78 is 0. The van der Waals surface area contributed by atoms with Crippen molar-refractivity contribution >= 4 is 0 Å². The minimum absolute atomic E-state index is 0.339. The third-order valence-electron chi connectivity index (χ3n) is 4.09. The second-order valence-electron chi connectivity index (χ2n) is 5.37.